The summed E-state index contributed by atoms with van der Waals surface area (Å²) in [6, 6.07) is 0. The van der Waals surface area contributed by atoms with Gasteiger partial charge in [-0.3, -0.25) is 5.10 Å². The van der Waals surface area contributed by atoms with Crippen LogP contribution in [0.4, 0.5) is 0 Å². The quantitative estimate of drug-likeness (QED) is 0.544. The SMILES string of the molecule is COC(=O)c1scc2c1nc(Cl)c1[nH]ncc12. The fourth-order valence-corrected chi connectivity index (χ4v) is 2.84. The second kappa shape index (κ2) is 3.68. The van der Waals surface area contributed by atoms with E-state index in [0.29, 0.717) is 21.1 Å². The Balaban J connectivity index is 2.44. The van der Waals surface area contributed by atoms with Crippen molar-refractivity contribution in [3.63, 3.8) is 0 Å². The Bertz CT molecular complexity index is 734. The summed E-state index contributed by atoms with van der Waals surface area (Å²) in [7, 11) is 1.34. The molecular formula is C10H6ClN3O2S. The van der Waals surface area contributed by atoms with Crippen molar-refractivity contribution in [1.82, 2.24) is 15.2 Å². The van der Waals surface area contributed by atoms with E-state index in [1.807, 2.05) is 5.38 Å². The highest BCUT2D eigenvalue weighted by molar-refractivity contribution is 7.13. The molecule has 0 saturated carbocycles. The summed E-state index contributed by atoms with van der Waals surface area (Å²) < 4.78 is 4.70. The Morgan fingerprint density at radius 2 is 2.35 bits per heavy atom. The Morgan fingerprint density at radius 1 is 1.53 bits per heavy atom. The third-order valence-corrected chi connectivity index (χ3v) is 3.70. The second-order valence-electron chi connectivity index (χ2n) is 3.38. The molecule has 0 unspecified atom stereocenters. The van der Waals surface area contributed by atoms with Crippen molar-refractivity contribution in [2.45, 2.75) is 0 Å². The molecule has 0 aliphatic heterocycles. The van der Waals surface area contributed by atoms with Crippen molar-refractivity contribution < 1.29 is 9.53 Å². The molecule has 3 heterocycles. The van der Waals surface area contributed by atoms with Gasteiger partial charge in [0.15, 0.2) is 5.15 Å². The number of hydrogen-bond donors (Lipinski definition) is 1. The topological polar surface area (TPSA) is 67.9 Å². The summed E-state index contributed by atoms with van der Waals surface area (Å²) in [5, 5.41) is 10.6. The maximum Gasteiger partial charge on any atom is 0.350 e. The number of carbonyl (C=O) groups excluding carboxylic acids is 1. The van der Waals surface area contributed by atoms with E-state index in [1.54, 1.807) is 6.20 Å². The largest absolute Gasteiger partial charge is 0.465 e. The number of methoxy groups -OCH3 is 1. The highest BCUT2D eigenvalue weighted by Crippen LogP contribution is 2.33. The summed E-state index contributed by atoms with van der Waals surface area (Å²) >= 11 is 7.31. The van der Waals surface area contributed by atoms with E-state index in [0.717, 1.165) is 10.8 Å². The molecular weight excluding hydrogens is 262 g/mol. The van der Waals surface area contributed by atoms with E-state index in [4.69, 9.17) is 16.3 Å². The number of ether oxygens (including phenoxy) is 1. The molecule has 3 aromatic rings. The molecule has 3 rings (SSSR count). The molecule has 0 aromatic carbocycles. The van der Waals surface area contributed by atoms with Gasteiger partial charge in [-0.1, -0.05) is 11.6 Å². The van der Waals surface area contributed by atoms with E-state index in [1.165, 1.54) is 18.4 Å². The lowest BCUT2D eigenvalue weighted by atomic mass is 10.2. The van der Waals surface area contributed by atoms with Crippen LogP contribution in [0.25, 0.3) is 21.8 Å². The fourth-order valence-electron chi connectivity index (χ4n) is 1.69. The second-order valence-corrected chi connectivity index (χ2v) is 4.62. The van der Waals surface area contributed by atoms with Crippen LogP contribution in [-0.4, -0.2) is 28.3 Å². The highest BCUT2D eigenvalue weighted by atomic mass is 35.5. The van der Waals surface area contributed by atoms with Gasteiger partial charge >= 0.3 is 5.97 Å². The van der Waals surface area contributed by atoms with Gasteiger partial charge in [-0.05, 0) is 0 Å². The number of carbonyl (C=O) groups is 1. The van der Waals surface area contributed by atoms with E-state index >= 15 is 0 Å². The smallest absolute Gasteiger partial charge is 0.350 e. The minimum atomic E-state index is -0.406. The number of aromatic nitrogens is 3. The van der Waals surface area contributed by atoms with Crippen LogP contribution in [0.15, 0.2) is 11.6 Å². The van der Waals surface area contributed by atoms with E-state index in [2.05, 4.69) is 15.2 Å². The number of pyridine rings is 1. The van der Waals surface area contributed by atoms with Gasteiger partial charge in [0.25, 0.3) is 0 Å². The number of thiophene rings is 1. The van der Waals surface area contributed by atoms with Crippen LogP contribution in [0.1, 0.15) is 9.67 Å². The molecule has 17 heavy (non-hydrogen) atoms. The van der Waals surface area contributed by atoms with E-state index in [9.17, 15) is 4.79 Å². The van der Waals surface area contributed by atoms with Gasteiger partial charge in [0.2, 0.25) is 0 Å². The van der Waals surface area contributed by atoms with Gasteiger partial charge in [0, 0.05) is 16.2 Å². The molecule has 7 heteroatoms. The minimum Gasteiger partial charge on any atom is -0.465 e. The number of rotatable bonds is 1. The number of H-pyrrole nitrogens is 1. The molecule has 0 radical (unpaired) electrons. The van der Waals surface area contributed by atoms with Crippen LogP contribution in [0.5, 0.6) is 0 Å². The normalized spacial score (nSPS) is 11.2. The third-order valence-electron chi connectivity index (χ3n) is 2.48. The van der Waals surface area contributed by atoms with Gasteiger partial charge in [0.1, 0.15) is 10.4 Å². The van der Waals surface area contributed by atoms with Crippen LogP contribution in [0.2, 0.25) is 5.15 Å². The predicted molar refractivity (Wildman–Crippen MR) is 65.6 cm³/mol. The van der Waals surface area contributed by atoms with Gasteiger partial charge in [-0.2, -0.15) is 5.10 Å². The number of nitrogens with zero attached hydrogens (tertiary/aromatic N) is 2. The summed E-state index contributed by atoms with van der Waals surface area (Å²) in [6.45, 7) is 0. The molecule has 0 saturated heterocycles. The molecule has 3 aromatic heterocycles. The minimum absolute atomic E-state index is 0.300. The summed E-state index contributed by atoms with van der Waals surface area (Å²) in [4.78, 5) is 16.2. The molecule has 0 amide bonds. The predicted octanol–water partition coefficient (Wildman–Crippen LogP) is 2.61. The molecule has 0 bridgehead atoms. The maximum atomic E-state index is 11.6. The lowest BCUT2D eigenvalue weighted by Gasteiger charge is -1.98. The molecule has 0 spiro atoms. The first-order valence-electron chi connectivity index (χ1n) is 4.70. The monoisotopic (exact) mass is 267 g/mol. The van der Waals surface area contributed by atoms with Gasteiger partial charge < -0.3 is 4.74 Å². The number of esters is 1. The molecule has 0 aliphatic rings. The zero-order valence-electron chi connectivity index (χ0n) is 8.65. The van der Waals surface area contributed by atoms with E-state index in [-0.39, 0.29) is 0 Å². The molecule has 0 atom stereocenters. The van der Waals surface area contributed by atoms with Gasteiger partial charge in [0.05, 0.1) is 18.8 Å². The zero-order chi connectivity index (χ0) is 12.0. The Morgan fingerprint density at radius 3 is 3.12 bits per heavy atom. The number of hydrogen-bond acceptors (Lipinski definition) is 5. The molecule has 5 nitrogen and oxygen atoms in total. The molecule has 0 fully saturated rings. The lowest BCUT2D eigenvalue weighted by Crippen LogP contribution is -1.99. The fraction of sp³-hybridized carbons (Fsp3) is 0.100. The average Bonchev–Trinajstić information content (AvgIpc) is 2.93. The zero-order valence-corrected chi connectivity index (χ0v) is 10.2. The highest BCUT2D eigenvalue weighted by Gasteiger charge is 2.18. The van der Waals surface area contributed by atoms with Gasteiger partial charge in [-0.15, -0.1) is 11.3 Å². The maximum absolute atomic E-state index is 11.6. The lowest BCUT2D eigenvalue weighted by molar-refractivity contribution is 0.0608. The molecule has 1 N–H and O–H groups in total. The van der Waals surface area contributed by atoms with Crippen molar-refractivity contribution >= 4 is 50.7 Å². The standard InChI is InChI=1S/C10H6ClN3O2S/c1-16-10(15)8-6-5(3-17-8)4-2-12-14-7(4)9(11)13-6/h2-3H,1H3,(H,12,14). The molecule has 0 aliphatic carbocycles. The first kappa shape index (κ1) is 10.5. The van der Waals surface area contributed by atoms with Crippen LogP contribution in [0.3, 0.4) is 0 Å². The van der Waals surface area contributed by atoms with Crippen molar-refractivity contribution in [2.75, 3.05) is 7.11 Å². The molecule has 86 valence electrons. The Hall–Kier alpha value is -1.66. The van der Waals surface area contributed by atoms with Crippen molar-refractivity contribution in [3.05, 3.63) is 21.6 Å². The first-order valence-corrected chi connectivity index (χ1v) is 5.96. The van der Waals surface area contributed by atoms with Crippen LogP contribution < -0.4 is 0 Å². The summed E-state index contributed by atoms with van der Waals surface area (Å²) in [5.74, 6) is -0.406. The number of halogens is 1. The first-order chi connectivity index (χ1) is 8.22. The Labute approximate surface area is 104 Å². The summed E-state index contributed by atoms with van der Waals surface area (Å²) in [5.41, 5.74) is 1.23. The third kappa shape index (κ3) is 1.41. The van der Waals surface area contributed by atoms with Gasteiger partial charge in [-0.25, -0.2) is 9.78 Å². The number of fused-ring (bicyclic) bond motifs is 3. The average molecular weight is 268 g/mol. The number of aromatic amines is 1. The summed E-state index contributed by atoms with van der Waals surface area (Å²) in [6.07, 6.45) is 1.67. The van der Waals surface area contributed by atoms with Crippen molar-refractivity contribution in [1.29, 1.82) is 0 Å². The number of nitrogens with one attached hydrogen (secondary N) is 1. The van der Waals surface area contributed by atoms with Crippen molar-refractivity contribution in [2.24, 2.45) is 0 Å². The van der Waals surface area contributed by atoms with Crippen molar-refractivity contribution in [3.8, 4) is 0 Å². The Kier molecular flexibility index (Phi) is 2.27. The van der Waals surface area contributed by atoms with Crippen LogP contribution in [-0.2, 0) is 4.74 Å². The van der Waals surface area contributed by atoms with E-state index < -0.39 is 5.97 Å². The van der Waals surface area contributed by atoms with Crippen LogP contribution in [0, 0.1) is 0 Å². The van der Waals surface area contributed by atoms with Crippen LogP contribution >= 0.6 is 22.9 Å².